The average Bonchev–Trinajstić information content (AvgIpc) is 3.18. The van der Waals surface area contributed by atoms with Crippen LogP contribution in [0.3, 0.4) is 0 Å². The van der Waals surface area contributed by atoms with Gasteiger partial charge in [0.05, 0.1) is 25.7 Å². The van der Waals surface area contributed by atoms with Crippen LogP contribution in [0.15, 0.2) is 59.2 Å². The van der Waals surface area contributed by atoms with Crippen LogP contribution in [0.1, 0.15) is 31.7 Å². The van der Waals surface area contributed by atoms with Gasteiger partial charge in [-0.1, -0.05) is 30.0 Å². The van der Waals surface area contributed by atoms with E-state index in [-0.39, 0.29) is 23.6 Å². The van der Waals surface area contributed by atoms with Crippen LogP contribution in [0.4, 0.5) is 5.69 Å². The molecule has 0 aliphatic carbocycles. The number of amidine groups is 1. The predicted molar refractivity (Wildman–Crippen MR) is 136 cm³/mol. The fourth-order valence-corrected chi connectivity index (χ4v) is 5.00. The molecule has 2 aromatic rings. The number of carbonyl (C=O) groups excluding carboxylic acids is 2. The summed E-state index contributed by atoms with van der Waals surface area (Å²) in [7, 11) is 3.20. The summed E-state index contributed by atoms with van der Waals surface area (Å²) < 4.78 is 10.6. The number of thioether (sulfide) groups is 1. The smallest absolute Gasteiger partial charge is 0.283 e. The third-order valence-corrected chi connectivity index (χ3v) is 6.93. The maximum atomic E-state index is 13.4. The summed E-state index contributed by atoms with van der Waals surface area (Å²) in [6.07, 6.45) is 4.96. The quantitative estimate of drug-likeness (QED) is 0.567. The number of piperidine rings is 1. The van der Waals surface area contributed by atoms with Crippen LogP contribution in [-0.4, -0.2) is 54.4 Å². The molecule has 0 spiro atoms. The molecule has 34 heavy (non-hydrogen) atoms. The van der Waals surface area contributed by atoms with Gasteiger partial charge in [0.2, 0.25) is 5.91 Å². The van der Waals surface area contributed by atoms with Gasteiger partial charge in [-0.3, -0.25) is 14.5 Å². The van der Waals surface area contributed by atoms with Crippen molar-refractivity contribution in [3.05, 3.63) is 59.8 Å². The van der Waals surface area contributed by atoms with Crippen molar-refractivity contribution in [2.75, 3.05) is 31.4 Å². The summed E-state index contributed by atoms with van der Waals surface area (Å²) in [6.45, 7) is 2.88. The fraction of sp³-hybridized carbons (Fsp3) is 0.346. The normalized spacial score (nSPS) is 19.4. The minimum absolute atomic E-state index is 0.0746. The van der Waals surface area contributed by atoms with Crippen molar-refractivity contribution in [3.8, 4) is 11.5 Å². The van der Waals surface area contributed by atoms with E-state index in [2.05, 4.69) is 11.9 Å². The Morgan fingerprint density at radius 1 is 1.12 bits per heavy atom. The van der Waals surface area contributed by atoms with E-state index in [1.807, 2.05) is 47.4 Å². The first-order valence-electron chi connectivity index (χ1n) is 11.4. The molecule has 8 heteroatoms. The highest BCUT2D eigenvalue weighted by molar-refractivity contribution is 8.14. The number of ether oxygens (including phenoxy) is 2. The average molecular weight is 480 g/mol. The van der Waals surface area contributed by atoms with Gasteiger partial charge in [-0.15, -0.1) is 0 Å². The van der Waals surface area contributed by atoms with E-state index in [1.54, 1.807) is 31.3 Å². The van der Waals surface area contributed by atoms with Crippen molar-refractivity contribution in [2.24, 2.45) is 4.99 Å². The molecule has 4 rings (SSSR count). The summed E-state index contributed by atoms with van der Waals surface area (Å²) in [5, 5.41) is 0.482. The SMILES string of the molecule is COc1ccc(/C=C2\N=C(SCC(=O)N3CCCCC3C)N(c3cccc(OC)c3)C2=O)cc1. The number of methoxy groups -OCH3 is 2. The fourth-order valence-electron chi connectivity index (χ4n) is 4.11. The first-order valence-corrected chi connectivity index (χ1v) is 12.3. The Labute approximate surface area is 204 Å². The molecule has 1 fully saturated rings. The molecule has 2 amide bonds. The van der Waals surface area contributed by atoms with Crippen molar-refractivity contribution in [3.63, 3.8) is 0 Å². The number of likely N-dealkylation sites (tertiary alicyclic amines) is 1. The molecule has 2 aromatic carbocycles. The highest BCUT2D eigenvalue weighted by Crippen LogP contribution is 2.32. The summed E-state index contributed by atoms with van der Waals surface area (Å²) >= 11 is 1.29. The Hall–Kier alpha value is -3.26. The first-order chi connectivity index (χ1) is 16.5. The molecule has 0 saturated carbocycles. The van der Waals surface area contributed by atoms with Gasteiger partial charge < -0.3 is 14.4 Å². The van der Waals surface area contributed by atoms with E-state index in [9.17, 15) is 9.59 Å². The van der Waals surface area contributed by atoms with Crippen LogP contribution >= 0.6 is 11.8 Å². The number of aliphatic imine (C=N–C) groups is 1. The second-order valence-electron chi connectivity index (χ2n) is 8.26. The topological polar surface area (TPSA) is 71.4 Å². The third-order valence-electron chi connectivity index (χ3n) is 6.01. The van der Waals surface area contributed by atoms with Gasteiger partial charge in [0.1, 0.15) is 17.2 Å². The van der Waals surface area contributed by atoms with E-state index < -0.39 is 0 Å². The monoisotopic (exact) mass is 479 g/mol. The predicted octanol–water partition coefficient (Wildman–Crippen LogP) is 4.58. The van der Waals surface area contributed by atoms with Crippen molar-refractivity contribution in [1.29, 1.82) is 0 Å². The lowest BCUT2D eigenvalue weighted by Crippen LogP contribution is -2.43. The molecule has 1 atom stereocenters. The number of hydrogen-bond donors (Lipinski definition) is 0. The second kappa shape index (κ2) is 10.8. The Balaban J connectivity index is 1.60. The van der Waals surface area contributed by atoms with Crippen molar-refractivity contribution < 1.29 is 19.1 Å². The number of amides is 2. The maximum absolute atomic E-state index is 13.4. The van der Waals surface area contributed by atoms with Gasteiger partial charge >= 0.3 is 0 Å². The highest BCUT2D eigenvalue weighted by atomic mass is 32.2. The molecule has 0 aromatic heterocycles. The molecule has 0 N–H and O–H groups in total. The molecule has 7 nitrogen and oxygen atoms in total. The largest absolute Gasteiger partial charge is 0.497 e. The van der Waals surface area contributed by atoms with E-state index in [0.717, 1.165) is 37.1 Å². The number of carbonyl (C=O) groups is 2. The lowest BCUT2D eigenvalue weighted by Gasteiger charge is -2.33. The van der Waals surface area contributed by atoms with Crippen molar-refractivity contribution >= 4 is 40.5 Å². The molecule has 2 heterocycles. The zero-order chi connectivity index (χ0) is 24.1. The van der Waals surface area contributed by atoms with Crippen LogP contribution in [-0.2, 0) is 9.59 Å². The number of anilines is 1. The Bertz CT molecular complexity index is 1110. The number of nitrogens with zero attached hydrogens (tertiary/aromatic N) is 3. The van der Waals surface area contributed by atoms with Crippen LogP contribution in [0, 0.1) is 0 Å². The first kappa shape index (κ1) is 23.9. The molecular weight excluding hydrogens is 450 g/mol. The highest BCUT2D eigenvalue weighted by Gasteiger charge is 2.33. The second-order valence-corrected chi connectivity index (χ2v) is 9.20. The standard InChI is InChI=1S/C26H29N3O4S/c1-18-7-4-5-14-28(18)24(30)17-34-26-27-23(15-19-10-12-21(32-2)13-11-19)25(31)29(26)20-8-6-9-22(16-20)33-3/h6,8-13,15-16,18H,4-5,7,14,17H2,1-3H3/b23-15-. The lowest BCUT2D eigenvalue weighted by atomic mass is 10.0. The van der Waals surface area contributed by atoms with Crippen LogP contribution < -0.4 is 14.4 Å². The Kier molecular flexibility index (Phi) is 7.57. The van der Waals surface area contributed by atoms with E-state index in [0.29, 0.717) is 22.3 Å². The molecule has 1 saturated heterocycles. The van der Waals surface area contributed by atoms with E-state index >= 15 is 0 Å². The number of hydrogen-bond acceptors (Lipinski definition) is 6. The molecule has 2 aliphatic heterocycles. The minimum atomic E-state index is -0.245. The summed E-state index contributed by atoms with van der Waals surface area (Å²) in [6, 6.07) is 14.9. The number of rotatable bonds is 6. The molecule has 0 bridgehead atoms. The molecule has 0 radical (unpaired) electrons. The van der Waals surface area contributed by atoms with Gasteiger partial charge in [0, 0.05) is 18.7 Å². The van der Waals surface area contributed by atoms with Gasteiger partial charge in [0.25, 0.3) is 5.91 Å². The van der Waals surface area contributed by atoms with Gasteiger partial charge in [-0.05, 0) is 62.1 Å². The van der Waals surface area contributed by atoms with E-state index in [1.165, 1.54) is 11.8 Å². The lowest BCUT2D eigenvalue weighted by molar-refractivity contribution is -0.131. The van der Waals surface area contributed by atoms with Crippen molar-refractivity contribution in [1.82, 2.24) is 4.90 Å². The summed E-state index contributed by atoms with van der Waals surface area (Å²) in [5.74, 6) is 1.44. The van der Waals surface area contributed by atoms with E-state index in [4.69, 9.17) is 9.47 Å². The van der Waals surface area contributed by atoms with Crippen LogP contribution in [0.25, 0.3) is 6.08 Å². The Morgan fingerprint density at radius 3 is 2.59 bits per heavy atom. The number of benzene rings is 2. The molecule has 1 unspecified atom stereocenters. The van der Waals surface area contributed by atoms with Crippen molar-refractivity contribution in [2.45, 2.75) is 32.2 Å². The zero-order valence-corrected chi connectivity index (χ0v) is 20.5. The van der Waals surface area contributed by atoms with Gasteiger partial charge in [-0.25, -0.2) is 4.99 Å². The van der Waals surface area contributed by atoms with Gasteiger partial charge in [0.15, 0.2) is 5.17 Å². The Morgan fingerprint density at radius 2 is 1.88 bits per heavy atom. The molecular formula is C26H29N3O4S. The van der Waals surface area contributed by atoms with Crippen LogP contribution in [0.5, 0.6) is 11.5 Å². The van der Waals surface area contributed by atoms with Crippen LogP contribution in [0.2, 0.25) is 0 Å². The molecule has 178 valence electrons. The zero-order valence-electron chi connectivity index (χ0n) is 19.7. The minimum Gasteiger partial charge on any atom is -0.497 e. The maximum Gasteiger partial charge on any atom is 0.283 e. The van der Waals surface area contributed by atoms with Gasteiger partial charge in [-0.2, -0.15) is 0 Å². The third kappa shape index (κ3) is 5.28. The molecule has 2 aliphatic rings. The summed E-state index contributed by atoms with van der Waals surface area (Å²) in [4.78, 5) is 34.5. The summed E-state index contributed by atoms with van der Waals surface area (Å²) in [5.41, 5.74) is 1.80.